The number of amides is 1. The predicted molar refractivity (Wildman–Crippen MR) is 138 cm³/mol. The van der Waals surface area contributed by atoms with Gasteiger partial charge in [0.05, 0.1) is 40.5 Å². The molecule has 1 N–H and O–H groups in total. The molecule has 4 atom stereocenters. The number of carbonyl (C=O) groups excluding carboxylic acids is 1. The number of ether oxygens (including phenoxy) is 6. The predicted octanol–water partition coefficient (Wildman–Crippen LogP) is 3.91. The van der Waals surface area contributed by atoms with Crippen LogP contribution in [0.4, 0.5) is 5.69 Å². The highest BCUT2D eigenvalue weighted by molar-refractivity contribution is 5.99. The summed E-state index contributed by atoms with van der Waals surface area (Å²) in [5, 5.41) is 11.6. The molecule has 0 saturated carbocycles. The highest BCUT2D eigenvalue weighted by atomic mass is 16.7. The zero-order chi connectivity index (χ0) is 26.6. The lowest BCUT2D eigenvalue weighted by Crippen LogP contribution is -2.35. The van der Waals surface area contributed by atoms with Crippen LogP contribution in [-0.2, 0) is 4.79 Å². The Morgan fingerprint density at radius 3 is 2.05 bits per heavy atom. The number of carbonyl (C=O) groups is 1. The smallest absolute Gasteiger partial charge is 0.231 e. The van der Waals surface area contributed by atoms with Crippen molar-refractivity contribution in [2.75, 3.05) is 46.7 Å². The SMILES string of the molecule is COc1ccc(N2C[C@@H]3[C@H](C2=O)[C@H](c2cc(OC)c(OC)c(OC)c2)c2cc4c(cc2[C@@H]3O)OCO4)cc1. The van der Waals surface area contributed by atoms with E-state index in [0.717, 1.165) is 22.4 Å². The third-order valence-corrected chi connectivity index (χ3v) is 7.83. The van der Waals surface area contributed by atoms with Gasteiger partial charge in [0.25, 0.3) is 0 Å². The first-order chi connectivity index (χ1) is 18.5. The van der Waals surface area contributed by atoms with Crippen molar-refractivity contribution < 1.29 is 38.3 Å². The number of fused-ring (bicyclic) bond motifs is 3. The Morgan fingerprint density at radius 2 is 1.47 bits per heavy atom. The summed E-state index contributed by atoms with van der Waals surface area (Å²) >= 11 is 0. The summed E-state index contributed by atoms with van der Waals surface area (Å²) in [6.45, 7) is 0.478. The van der Waals surface area contributed by atoms with E-state index in [9.17, 15) is 9.90 Å². The lowest BCUT2D eigenvalue weighted by atomic mass is 9.66. The summed E-state index contributed by atoms with van der Waals surface area (Å²) in [6.07, 6.45) is -0.866. The monoisotopic (exact) mass is 519 g/mol. The Bertz CT molecular complexity index is 1360. The number of hydrogen-bond donors (Lipinski definition) is 1. The Kier molecular flexibility index (Phi) is 5.95. The van der Waals surface area contributed by atoms with Crippen LogP contribution in [0.1, 0.15) is 28.7 Å². The molecular formula is C29H29NO8. The summed E-state index contributed by atoms with van der Waals surface area (Å²) in [6, 6.07) is 14.8. The minimum absolute atomic E-state index is 0.0683. The summed E-state index contributed by atoms with van der Waals surface area (Å²) in [5.74, 6) is 1.95. The van der Waals surface area contributed by atoms with Crippen LogP contribution in [-0.4, -0.2) is 52.8 Å². The van der Waals surface area contributed by atoms with Crippen LogP contribution in [0.25, 0.3) is 0 Å². The molecule has 0 spiro atoms. The number of benzene rings is 3. The van der Waals surface area contributed by atoms with Crippen molar-refractivity contribution in [2.45, 2.75) is 12.0 Å². The number of hydrogen-bond acceptors (Lipinski definition) is 8. The van der Waals surface area contributed by atoms with E-state index in [1.54, 1.807) is 33.3 Å². The fraction of sp³-hybridized carbons (Fsp3) is 0.345. The molecule has 2 aliphatic heterocycles. The Labute approximate surface area is 220 Å². The molecule has 198 valence electrons. The van der Waals surface area contributed by atoms with Gasteiger partial charge in [-0.25, -0.2) is 0 Å². The molecule has 9 nitrogen and oxygen atoms in total. The zero-order valence-corrected chi connectivity index (χ0v) is 21.6. The molecule has 3 aromatic rings. The third kappa shape index (κ3) is 3.60. The van der Waals surface area contributed by atoms with Crippen molar-refractivity contribution >= 4 is 11.6 Å². The van der Waals surface area contributed by atoms with E-state index in [0.29, 0.717) is 41.0 Å². The van der Waals surface area contributed by atoms with Crippen LogP contribution < -0.4 is 33.3 Å². The van der Waals surface area contributed by atoms with Crippen LogP contribution in [0.5, 0.6) is 34.5 Å². The zero-order valence-electron chi connectivity index (χ0n) is 21.6. The second kappa shape index (κ2) is 9.33. The summed E-state index contributed by atoms with van der Waals surface area (Å²) in [7, 11) is 6.28. The third-order valence-electron chi connectivity index (χ3n) is 7.83. The highest BCUT2D eigenvalue weighted by Crippen LogP contribution is 2.56. The highest BCUT2D eigenvalue weighted by Gasteiger charge is 2.53. The van der Waals surface area contributed by atoms with E-state index < -0.39 is 17.9 Å². The van der Waals surface area contributed by atoms with Crippen LogP contribution >= 0.6 is 0 Å². The molecule has 2 heterocycles. The van der Waals surface area contributed by atoms with Gasteiger partial charge in [0.15, 0.2) is 23.0 Å². The first-order valence-corrected chi connectivity index (χ1v) is 12.4. The van der Waals surface area contributed by atoms with E-state index in [2.05, 4.69) is 0 Å². The van der Waals surface area contributed by atoms with E-state index in [4.69, 9.17) is 28.4 Å². The van der Waals surface area contributed by atoms with Gasteiger partial charge in [-0.2, -0.15) is 0 Å². The average Bonchev–Trinajstić information content (AvgIpc) is 3.56. The molecule has 0 unspecified atom stereocenters. The van der Waals surface area contributed by atoms with Gasteiger partial charge >= 0.3 is 0 Å². The first kappa shape index (κ1) is 24.2. The van der Waals surface area contributed by atoms with Crippen molar-refractivity contribution in [3.05, 3.63) is 65.2 Å². The minimum Gasteiger partial charge on any atom is -0.497 e. The fourth-order valence-electron chi connectivity index (χ4n) is 6.05. The quantitative estimate of drug-likeness (QED) is 0.524. The molecule has 3 aliphatic rings. The fourth-order valence-corrected chi connectivity index (χ4v) is 6.05. The molecule has 9 heteroatoms. The van der Waals surface area contributed by atoms with E-state index in [-0.39, 0.29) is 18.6 Å². The summed E-state index contributed by atoms with van der Waals surface area (Å²) in [5.41, 5.74) is 3.09. The van der Waals surface area contributed by atoms with Gasteiger partial charge in [0, 0.05) is 24.1 Å². The van der Waals surface area contributed by atoms with Crippen molar-refractivity contribution in [3.8, 4) is 34.5 Å². The van der Waals surface area contributed by atoms with E-state index >= 15 is 0 Å². The normalized spacial score (nSPS) is 23.1. The summed E-state index contributed by atoms with van der Waals surface area (Å²) in [4.78, 5) is 15.9. The van der Waals surface area contributed by atoms with Gasteiger partial charge in [-0.15, -0.1) is 0 Å². The molecule has 0 bridgehead atoms. The maximum Gasteiger partial charge on any atom is 0.231 e. The number of aliphatic hydroxyl groups is 1. The number of anilines is 1. The number of nitrogens with zero attached hydrogens (tertiary/aromatic N) is 1. The van der Waals surface area contributed by atoms with Gasteiger partial charge in [0.1, 0.15) is 5.75 Å². The van der Waals surface area contributed by atoms with Gasteiger partial charge in [-0.1, -0.05) is 0 Å². The topological polar surface area (TPSA) is 95.9 Å². The largest absolute Gasteiger partial charge is 0.497 e. The Hall–Kier alpha value is -4.11. The lowest BCUT2D eigenvalue weighted by molar-refractivity contribution is -0.122. The average molecular weight is 520 g/mol. The second-order valence-electron chi connectivity index (χ2n) is 9.55. The molecule has 0 aromatic heterocycles. The lowest BCUT2D eigenvalue weighted by Gasteiger charge is -2.37. The molecule has 1 amide bonds. The maximum absolute atomic E-state index is 14.1. The number of rotatable bonds is 6. The van der Waals surface area contributed by atoms with Crippen LogP contribution in [0.3, 0.4) is 0 Å². The number of aliphatic hydroxyl groups excluding tert-OH is 1. The van der Waals surface area contributed by atoms with Crippen molar-refractivity contribution in [1.29, 1.82) is 0 Å². The molecule has 38 heavy (non-hydrogen) atoms. The molecule has 1 fully saturated rings. The maximum atomic E-state index is 14.1. The molecule has 6 rings (SSSR count). The summed E-state index contributed by atoms with van der Waals surface area (Å²) < 4.78 is 33.4. The molecule has 1 saturated heterocycles. The van der Waals surface area contributed by atoms with Gasteiger partial charge in [0.2, 0.25) is 18.4 Å². The molecule has 3 aromatic carbocycles. The first-order valence-electron chi connectivity index (χ1n) is 12.4. The van der Waals surface area contributed by atoms with Crippen molar-refractivity contribution in [2.24, 2.45) is 11.8 Å². The van der Waals surface area contributed by atoms with Gasteiger partial charge in [-0.05, 0) is 65.2 Å². The molecular weight excluding hydrogens is 490 g/mol. The minimum atomic E-state index is -0.866. The van der Waals surface area contributed by atoms with Gasteiger partial charge < -0.3 is 38.4 Å². The van der Waals surface area contributed by atoms with E-state index in [1.165, 1.54) is 0 Å². The van der Waals surface area contributed by atoms with Crippen LogP contribution in [0.2, 0.25) is 0 Å². The van der Waals surface area contributed by atoms with Crippen LogP contribution in [0.15, 0.2) is 48.5 Å². The number of methoxy groups -OCH3 is 4. The van der Waals surface area contributed by atoms with Gasteiger partial charge in [-0.3, -0.25) is 4.79 Å². The van der Waals surface area contributed by atoms with Crippen molar-refractivity contribution in [3.63, 3.8) is 0 Å². The van der Waals surface area contributed by atoms with E-state index in [1.807, 2.05) is 48.5 Å². The standard InChI is InChI=1S/C29H29NO8/c1-33-17-7-5-16(6-8-17)30-13-20-26(29(30)32)25(15-9-23(34-2)28(36-4)24(10-15)35-3)18-11-21-22(38-14-37-21)12-19(18)27(20)31/h5-12,20,25-27,31H,13-14H2,1-4H3/t20-,25-,26+,27+/m1/s1. The van der Waals surface area contributed by atoms with Crippen molar-refractivity contribution in [1.82, 2.24) is 0 Å². The van der Waals surface area contributed by atoms with Crippen LogP contribution in [0, 0.1) is 11.8 Å². The Morgan fingerprint density at radius 1 is 0.842 bits per heavy atom. The molecule has 0 radical (unpaired) electrons. The second-order valence-corrected chi connectivity index (χ2v) is 9.55. The molecule has 1 aliphatic carbocycles. The Balaban J connectivity index is 1.52.